The summed E-state index contributed by atoms with van der Waals surface area (Å²) in [6, 6.07) is 13.8. The van der Waals surface area contributed by atoms with Gasteiger partial charge in [-0.3, -0.25) is 4.79 Å². The first kappa shape index (κ1) is 16.4. The Labute approximate surface area is 142 Å². The summed E-state index contributed by atoms with van der Waals surface area (Å²) in [6.07, 6.45) is 1.57. The zero-order valence-corrected chi connectivity index (χ0v) is 14.2. The van der Waals surface area contributed by atoms with Crippen LogP contribution in [0.3, 0.4) is 0 Å². The van der Waals surface area contributed by atoms with Gasteiger partial charge in [0, 0.05) is 24.2 Å². The Hall–Kier alpha value is -2.49. The molecule has 0 aliphatic carbocycles. The van der Waals surface area contributed by atoms with E-state index < -0.39 is 0 Å². The van der Waals surface area contributed by atoms with E-state index in [-0.39, 0.29) is 12.6 Å². The van der Waals surface area contributed by atoms with Crippen molar-refractivity contribution >= 4 is 11.5 Å². The Morgan fingerprint density at radius 3 is 2.62 bits per heavy atom. The minimum absolute atomic E-state index is 0.0945. The Bertz CT molecular complexity index is 709. The Morgan fingerprint density at radius 1 is 1.12 bits per heavy atom. The molecule has 24 heavy (non-hydrogen) atoms. The molecule has 126 valence electrons. The predicted octanol–water partition coefficient (Wildman–Crippen LogP) is 4.61. The van der Waals surface area contributed by atoms with E-state index in [2.05, 4.69) is 43.4 Å². The van der Waals surface area contributed by atoms with Gasteiger partial charge in [0.25, 0.3) is 0 Å². The zero-order valence-electron chi connectivity index (χ0n) is 14.2. The fraction of sp³-hybridized carbons (Fsp3) is 0.350. The van der Waals surface area contributed by atoms with E-state index in [1.54, 1.807) is 18.2 Å². The monoisotopic (exact) mass is 325 g/mol. The molecule has 1 atom stereocenters. The lowest BCUT2D eigenvalue weighted by Crippen LogP contribution is -2.09. The fourth-order valence-corrected chi connectivity index (χ4v) is 2.70. The predicted molar refractivity (Wildman–Crippen MR) is 95.2 cm³/mol. The second-order valence-corrected chi connectivity index (χ2v) is 6.10. The summed E-state index contributed by atoms with van der Waals surface area (Å²) in [5.74, 6) is 2.02. The van der Waals surface area contributed by atoms with Gasteiger partial charge in [-0.15, -0.1) is 0 Å². The van der Waals surface area contributed by atoms with Gasteiger partial charge in [0.2, 0.25) is 6.79 Å². The third kappa shape index (κ3) is 3.70. The van der Waals surface area contributed by atoms with Gasteiger partial charge >= 0.3 is 0 Å². The molecule has 0 fully saturated rings. The van der Waals surface area contributed by atoms with Gasteiger partial charge in [0.1, 0.15) is 0 Å². The van der Waals surface area contributed by atoms with Crippen LogP contribution in [0.5, 0.6) is 11.5 Å². The number of ether oxygens (including phenoxy) is 2. The minimum atomic E-state index is 0.0945. The number of hydrogen-bond acceptors (Lipinski definition) is 4. The highest BCUT2D eigenvalue weighted by Crippen LogP contribution is 2.32. The van der Waals surface area contributed by atoms with Crippen LogP contribution in [0.25, 0.3) is 0 Å². The highest BCUT2D eigenvalue weighted by molar-refractivity contribution is 5.97. The van der Waals surface area contributed by atoms with Crippen LogP contribution in [0.1, 0.15) is 48.5 Å². The average molecular weight is 325 g/mol. The van der Waals surface area contributed by atoms with Gasteiger partial charge < -0.3 is 14.8 Å². The minimum Gasteiger partial charge on any atom is -0.454 e. The molecule has 0 saturated carbocycles. The number of anilines is 1. The van der Waals surface area contributed by atoms with E-state index >= 15 is 0 Å². The average Bonchev–Trinajstić information content (AvgIpc) is 3.09. The summed E-state index contributed by atoms with van der Waals surface area (Å²) < 4.78 is 10.6. The summed E-state index contributed by atoms with van der Waals surface area (Å²) in [5, 5.41) is 3.31. The summed E-state index contributed by atoms with van der Waals surface area (Å²) in [7, 11) is 0. The number of ketones is 1. The lowest BCUT2D eigenvalue weighted by molar-refractivity contribution is 0.0986. The highest BCUT2D eigenvalue weighted by atomic mass is 16.7. The van der Waals surface area contributed by atoms with Crippen LogP contribution in [0.15, 0.2) is 42.5 Å². The maximum Gasteiger partial charge on any atom is 0.231 e. The van der Waals surface area contributed by atoms with Crippen LogP contribution < -0.4 is 14.8 Å². The van der Waals surface area contributed by atoms with Crippen LogP contribution in [0.4, 0.5) is 5.69 Å². The summed E-state index contributed by atoms with van der Waals surface area (Å²) >= 11 is 0. The molecule has 1 aliphatic heterocycles. The van der Waals surface area contributed by atoms with Crippen LogP contribution in [0, 0.1) is 0 Å². The highest BCUT2D eigenvalue weighted by Gasteiger charge is 2.15. The second kappa shape index (κ2) is 7.39. The smallest absolute Gasteiger partial charge is 0.231 e. The summed E-state index contributed by atoms with van der Waals surface area (Å²) in [4.78, 5) is 12.3. The van der Waals surface area contributed by atoms with Crippen molar-refractivity contribution < 1.29 is 14.3 Å². The van der Waals surface area contributed by atoms with Crippen molar-refractivity contribution in [1.82, 2.24) is 0 Å². The standard InChI is InChI=1S/C20H23NO3/c1-3-14(2)15-4-7-17(8-5-15)21-11-10-18(22)16-6-9-19-20(12-16)24-13-23-19/h4-9,12,14,21H,3,10-11,13H2,1-2H3/t14-/m1/s1. The molecule has 3 rings (SSSR count). The zero-order chi connectivity index (χ0) is 16.9. The topological polar surface area (TPSA) is 47.6 Å². The van der Waals surface area contributed by atoms with Crippen molar-refractivity contribution in [1.29, 1.82) is 0 Å². The quantitative estimate of drug-likeness (QED) is 0.755. The maximum absolute atomic E-state index is 12.3. The van der Waals surface area contributed by atoms with Crippen LogP contribution in [0.2, 0.25) is 0 Å². The van der Waals surface area contributed by atoms with Crippen LogP contribution in [-0.2, 0) is 0 Å². The first-order valence-electron chi connectivity index (χ1n) is 8.44. The molecular weight excluding hydrogens is 302 g/mol. The molecule has 0 aromatic heterocycles. The lowest BCUT2D eigenvalue weighted by atomic mass is 9.98. The molecule has 0 radical (unpaired) electrons. The van der Waals surface area contributed by atoms with Crippen molar-refractivity contribution in [3.8, 4) is 11.5 Å². The van der Waals surface area contributed by atoms with Gasteiger partial charge in [-0.25, -0.2) is 0 Å². The molecule has 1 aliphatic rings. The molecule has 1 heterocycles. The van der Waals surface area contributed by atoms with Crippen molar-refractivity contribution in [3.63, 3.8) is 0 Å². The van der Waals surface area contributed by atoms with Crippen molar-refractivity contribution in [2.24, 2.45) is 0 Å². The van der Waals surface area contributed by atoms with E-state index in [1.165, 1.54) is 5.56 Å². The van der Waals surface area contributed by atoms with Gasteiger partial charge in [0.05, 0.1) is 0 Å². The number of nitrogens with one attached hydrogen (secondary N) is 1. The van der Waals surface area contributed by atoms with Crippen LogP contribution >= 0.6 is 0 Å². The number of Topliss-reactive ketones (excluding diaryl/α,β-unsaturated/α-hetero) is 1. The lowest BCUT2D eigenvalue weighted by Gasteiger charge is -2.11. The van der Waals surface area contributed by atoms with Gasteiger partial charge in [-0.05, 0) is 48.2 Å². The molecule has 0 bridgehead atoms. The number of carbonyl (C=O) groups is 1. The van der Waals surface area contributed by atoms with Gasteiger partial charge in [0.15, 0.2) is 17.3 Å². The molecule has 2 aromatic carbocycles. The van der Waals surface area contributed by atoms with Crippen molar-refractivity contribution in [2.45, 2.75) is 32.6 Å². The third-order valence-corrected chi connectivity index (χ3v) is 4.47. The van der Waals surface area contributed by atoms with Gasteiger partial charge in [-0.1, -0.05) is 26.0 Å². The van der Waals surface area contributed by atoms with Crippen molar-refractivity contribution in [2.75, 3.05) is 18.7 Å². The number of benzene rings is 2. The largest absolute Gasteiger partial charge is 0.454 e. The normalized spacial score (nSPS) is 13.6. The third-order valence-electron chi connectivity index (χ3n) is 4.47. The van der Waals surface area contributed by atoms with Crippen molar-refractivity contribution in [3.05, 3.63) is 53.6 Å². The number of carbonyl (C=O) groups excluding carboxylic acids is 1. The molecule has 1 N–H and O–H groups in total. The molecule has 0 unspecified atom stereocenters. The molecule has 4 nitrogen and oxygen atoms in total. The van der Waals surface area contributed by atoms with E-state index in [0.717, 1.165) is 12.1 Å². The Morgan fingerprint density at radius 2 is 1.88 bits per heavy atom. The first-order chi connectivity index (χ1) is 11.7. The molecule has 0 saturated heterocycles. The number of hydrogen-bond donors (Lipinski definition) is 1. The van der Waals surface area contributed by atoms with Gasteiger partial charge in [-0.2, -0.15) is 0 Å². The fourth-order valence-electron chi connectivity index (χ4n) is 2.70. The van der Waals surface area contributed by atoms with E-state index in [0.29, 0.717) is 35.9 Å². The second-order valence-electron chi connectivity index (χ2n) is 6.10. The van der Waals surface area contributed by atoms with E-state index in [9.17, 15) is 4.79 Å². The Balaban J connectivity index is 1.51. The summed E-state index contributed by atoms with van der Waals surface area (Å²) in [6.45, 7) is 5.25. The number of fused-ring (bicyclic) bond motifs is 1. The molecule has 2 aromatic rings. The van der Waals surface area contributed by atoms with Crippen LogP contribution in [-0.4, -0.2) is 19.1 Å². The molecule has 0 spiro atoms. The maximum atomic E-state index is 12.3. The first-order valence-corrected chi connectivity index (χ1v) is 8.44. The van der Waals surface area contributed by atoms with E-state index in [1.807, 2.05) is 0 Å². The SMILES string of the molecule is CC[C@@H](C)c1ccc(NCCC(=O)c2ccc3c(c2)OCO3)cc1. The molecular formula is C20H23NO3. The Kier molecular flexibility index (Phi) is 5.04. The number of rotatable bonds is 7. The summed E-state index contributed by atoms with van der Waals surface area (Å²) in [5.41, 5.74) is 3.05. The van der Waals surface area contributed by atoms with E-state index in [4.69, 9.17) is 9.47 Å². The molecule has 4 heteroatoms. The molecule has 0 amide bonds.